The van der Waals surface area contributed by atoms with Crippen molar-refractivity contribution < 1.29 is 9.59 Å². The number of halogens is 1. The molecule has 1 aromatic rings. The Balaban J connectivity index is 0.00000261. The zero-order valence-corrected chi connectivity index (χ0v) is 17.4. The molecule has 27 heavy (non-hydrogen) atoms. The highest BCUT2D eigenvalue weighted by Gasteiger charge is 2.31. The minimum atomic E-state index is 0. The van der Waals surface area contributed by atoms with Gasteiger partial charge in [0.05, 0.1) is 0 Å². The zero-order chi connectivity index (χ0) is 18.5. The van der Waals surface area contributed by atoms with Crippen molar-refractivity contribution in [1.82, 2.24) is 10.2 Å². The van der Waals surface area contributed by atoms with Crippen LogP contribution in [0.25, 0.3) is 0 Å². The molecule has 0 spiro atoms. The van der Waals surface area contributed by atoms with Crippen molar-refractivity contribution in [2.24, 2.45) is 17.8 Å². The van der Waals surface area contributed by atoms with E-state index in [1.165, 1.54) is 5.56 Å². The van der Waals surface area contributed by atoms with E-state index in [1.54, 1.807) is 0 Å². The molecule has 4 nitrogen and oxygen atoms in total. The van der Waals surface area contributed by atoms with Crippen LogP contribution in [0.2, 0.25) is 0 Å². The Morgan fingerprint density at radius 2 is 1.59 bits per heavy atom. The second kappa shape index (κ2) is 10.2. The molecular weight excluding hydrogens is 360 g/mol. The fourth-order valence-corrected chi connectivity index (χ4v) is 4.20. The van der Waals surface area contributed by atoms with Crippen LogP contribution in [0.4, 0.5) is 0 Å². The van der Waals surface area contributed by atoms with E-state index in [1.807, 2.05) is 17.0 Å². The molecule has 0 atom stereocenters. The Labute approximate surface area is 169 Å². The summed E-state index contributed by atoms with van der Waals surface area (Å²) in [6, 6.07) is 8.13. The molecule has 2 heterocycles. The average molecular weight is 393 g/mol. The molecule has 2 aliphatic heterocycles. The topological polar surface area (TPSA) is 49.4 Å². The maximum Gasteiger partial charge on any atom is 0.225 e. The van der Waals surface area contributed by atoms with Gasteiger partial charge in [-0.3, -0.25) is 9.59 Å². The molecule has 2 fully saturated rings. The van der Waals surface area contributed by atoms with Crippen LogP contribution in [0.3, 0.4) is 0 Å². The number of hydrogen-bond acceptors (Lipinski definition) is 3. The Hall–Kier alpha value is -1.39. The van der Waals surface area contributed by atoms with Crippen LogP contribution in [0.5, 0.6) is 0 Å². The number of carbonyl (C=O) groups excluding carboxylic acids is 2. The Morgan fingerprint density at radius 3 is 2.15 bits per heavy atom. The number of Topliss-reactive ketones (excluding diaryl/α,β-unsaturated/α-hetero) is 1. The van der Waals surface area contributed by atoms with Crippen LogP contribution < -0.4 is 5.32 Å². The fourth-order valence-electron chi connectivity index (χ4n) is 4.20. The van der Waals surface area contributed by atoms with E-state index < -0.39 is 0 Å². The van der Waals surface area contributed by atoms with Crippen molar-refractivity contribution in [3.05, 3.63) is 35.4 Å². The van der Waals surface area contributed by atoms with Crippen molar-refractivity contribution in [2.75, 3.05) is 26.2 Å². The zero-order valence-electron chi connectivity index (χ0n) is 16.6. The minimum Gasteiger partial charge on any atom is -0.342 e. The van der Waals surface area contributed by atoms with Crippen molar-refractivity contribution in [1.29, 1.82) is 0 Å². The average Bonchev–Trinajstić information content (AvgIpc) is 2.68. The predicted octanol–water partition coefficient (Wildman–Crippen LogP) is 3.73. The summed E-state index contributed by atoms with van der Waals surface area (Å²) in [5.41, 5.74) is 2.11. The standard InChI is InChI=1S/C22H32N2O2.ClH/c1-16(2)15-17-3-5-18(6-4-17)21(25)19-9-13-24(14-10-19)22(26)20-7-11-23-12-8-20;/h3-6,16,19-20,23H,7-15H2,1-2H3;1H. The van der Waals surface area contributed by atoms with Crippen molar-refractivity contribution in [2.45, 2.75) is 46.0 Å². The number of nitrogens with one attached hydrogen (secondary N) is 1. The van der Waals surface area contributed by atoms with Crippen LogP contribution in [0.1, 0.15) is 55.5 Å². The summed E-state index contributed by atoms with van der Waals surface area (Å²) in [4.78, 5) is 27.4. The minimum absolute atomic E-state index is 0. The second-order valence-corrected chi connectivity index (χ2v) is 8.28. The van der Waals surface area contributed by atoms with E-state index >= 15 is 0 Å². The molecule has 0 unspecified atom stereocenters. The lowest BCUT2D eigenvalue weighted by Gasteiger charge is -2.35. The van der Waals surface area contributed by atoms with Gasteiger partial charge in [-0.05, 0) is 56.7 Å². The van der Waals surface area contributed by atoms with Gasteiger partial charge in [0, 0.05) is 30.5 Å². The van der Waals surface area contributed by atoms with Gasteiger partial charge in [0.2, 0.25) is 5.91 Å². The molecule has 0 saturated carbocycles. The molecule has 1 amide bonds. The number of amides is 1. The number of rotatable bonds is 5. The van der Waals surface area contributed by atoms with Crippen LogP contribution in [0, 0.1) is 17.8 Å². The molecule has 0 aromatic heterocycles. The summed E-state index contributed by atoms with van der Waals surface area (Å²) < 4.78 is 0. The Kier molecular flexibility index (Phi) is 8.30. The largest absolute Gasteiger partial charge is 0.342 e. The smallest absolute Gasteiger partial charge is 0.225 e. The third kappa shape index (κ3) is 5.79. The third-order valence-corrected chi connectivity index (χ3v) is 5.75. The van der Waals surface area contributed by atoms with Gasteiger partial charge in [-0.25, -0.2) is 0 Å². The van der Waals surface area contributed by atoms with E-state index in [-0.39, 0.29) is 30.0 Å². The van der Waals surface area contributed by atoms with Gasteiger partial charge in [0.1, 0.15) is 0 Å². The first-order chi connectivity index (χ1) is 12.5. The summed E-state index contributed by atoms with van der Waals surface area (Å²) in [6.45, 7) is 7.75. The molecule has 150 valence electrons. The first kappa shape index (κ1) is 21.9. The van der Waals surface area contributed by atoms with Gasteiger partial charge in [0.15, 0.2) is 5.78 Å². The van der Waals surface area contributed by atoms with Crippen LogP contribution in [-0.4, -0.2) is 42.8 Å². The number of nitrogens with zero attached hydrogens (tertiary/aromatic N) is 1. The normalized spacial score (nSPS) is 19.0. The maximum absolute atomic E-state index is 12.8. The van der Waals surface area contributed by atoms with Gasteiger partial charge >= 0.3 is 0 Å². The first-order valence-electron chi connectivity index (χ1n) is 10.2. The molecule has 2 aliphatic rings. The highest BCUT2D eigenvalue weighted by Crippen LogP contribution is 2.25. The Bertz CT molecular complexity index is 616. The predicted molar refractivity (Wildman–Crippen MR) is 111 cm³/mol. The SMILES string of the molecule is CC(C)Cc1ccc(C(=O)C2CCN(C(=O)C3CCNCC3)CC2)cc1.Cl. The van der Waals surface area contributed by atoms with Crippen LogP contribution >= 0.6 is 12.4 Å². The van der Waals surface area contributed by atoms with Gasteiger partial charge in [-0.1, -0.05) is 38.1 Å². The van der Waals surface area contributed by atoms with Gasteiger partial charge < -0.3 is 10.2 Å². The van der Waals surface area contributed by atoms with E-state index in [2.05, 4.69) is 31.3 Å². The summed E-state index contributed by atoms with van der Waals surface area (Å²) in [5, 5.41) is 3.31. The molecule has 1 aromatic carbocycles. The van der Waals surface area contributed by atoms with Crippen LogP contribution in [0.15, 0.2) is 24.3 Å². The Morgan fingerprint density at radius 1 is 1.00 bits per heavy atom. The van der Waals surface area contributed by atoms with E-state index in [0.29, 0.717) is 11.8 Å². The highest BCUT2D eigenvalue weighted by molar-refractivity contribution is 5.98. The van der Waals surface area contributed by atoms with Crippen molar-refractivity contribution >= 4 is 24.1 Å². The molecule has 5 heteroatoms. The van der Waals surface area contributed by atoms with Crippen LogP contribution in [-0.2, 0) is 11.2 Å². The number of piperidine rings is 2. The molecule has 0 aliphatic carbocycles. The third-order valence-electron chi connectivity index (χ3n) is 5.75. The first-order valence-corrected chi connectivity index (χ1v) is 10.2. The molecular formula is C22H33ClN2O2. The summed E-state index contributed by atoms with van der Waals surface area (Å²) in [5.74, 6) is 1.41. The molecule has 0 bridgehead atoms. The lowest BCUT2D eigenvalue weighted by molar-refractivity contribution is -0.137. The quantitative estimate of drug-likeness (QED) is 0.777. The monoisotopic (exact) mass is 392 g/mol. The lowest BCUT2D eigenvalue weighted by Crippen LogP contribution is -2.45. The van der Waals surface area contributed by atoms with E-state index in [0.717, 1.165) is 63.8 Å². The highest BCUT2D eigenvalue weighted by atomic mass is 35.5. The molecule has 2 saturated heterocycles. The molecule has 1 N–H and O–H groups in total. The maximum atomic E-state index is 12.8. The molecule has 0 radical (unpaired) electrons. The van der Waals surface area contributed by atoms with Gasteiger partial charge in [0.25, 0.3) is 0 Å². The fraction of sp³-hybridized carbons (Fsp3) is 0.636. The number of carbonyl (C=O) groups is 2. The number of benzene rings is 1. The van der Waals surface area contributed by atoms with Crippen molar-refractivity contribution in [3.63, 3.8) is 0 Å². The summed E-state index contributed by atoms with van der Waals surface area (Å²) in [6.07, 6.45) is 4.53. The van der Waals surface area contributed by atoms with E-state index in [4.69, 9.17) is 0 Å². The number of ketones is 1. The number of hydrogen-bond donors (Lipinski definition) is 1. The molecule has 3 rings (SSSR count). The van der Waals surface area contributed by atoms with E-state index in [9.17, 15) is 9.59 Å². The summed E-state index contributed by atoms with van der Waals surface area (Å²) >= 11 is 0. The van der Waals surface area contributed by atoms with Crippen molar-refractivity contribution in [3.8, 4) is 0 Å². The number of likely N-dealkylation sites (tertiary alicyclic amines) is 1. The summed E-state index contributed by atoms with van der Waals surface area (Å²) in [7, 11) is 0. The van der Waals surface area contributed by atoms with Gasteiger partial charge in [-0.2, -0.15) is 0 Å². The second-order valence-electron chi connectivity index (χ2n) is 8.28. The lowest BCUT2D eigenvalue weighted by atomic mass is 9.87. The van der Waals surface area contributed by atoms with Gasteiger partial charge in [-0.15, -0.1) is 12.4 Å².